The Bertz CT molecular complexity index is 873. The fourth-order valence-corrected chi connectivity index (χ4v) is 3.44. The zero-order valence-electron chi connectivity index (χ0n) is 14.6. The molecule has 0 aliphatic carbocycles. The van der Waals surface area contributed by atoms with E-state index in [0.717, 1.165) is 30.3 Å². The van der Waals surface area contributed by atoms with Crippen LogP contribution < -0.4 is 5.32 Å². The number of anilines is 1. The van der Waals surface area contributed by atoms with Gasteiger partial charge in [0.25, 0.3) is 5.91 Å². The maximum Gasteiger partial charge on any atom is 0.266 e. The molecule has 27 heavy (non-hydrogen) atoms. The van der Waals surface area contributed by atoms with Gasteiger partial charge in [0, 0.05) is 36.8 Å². The van der Waals surface area contributed by atoms with Crippen molar-refractivity contribution in [1.29, 1.82) is 0 Å². The lowest BCUT2D eigenvalue weighted by atomic mass is 10.0. The van der Waals surface area contributed by atoms with Crippen LogP contribution in [0.25, 0.3) is 0 Å². The van der Waals surface area contributed by atoms with Crippen LogP contribution in [0.4, 0.5) is 14.5 Å². The predicted octanol–water partition coefficient (Wildman–Crippen LogP) is 3.17. The predicted molar refractivity (Wildman–Crippen MR) is 97.4 cm³/mol. The van der Waals surface area contributed by atoms with Crippen LogP contribution in [0.2, 0.25) is 0 Å². The second kappa shape index (κ2) is 7.34. The fourth-order valence-electron chi connectivity index (χ4n) is 3.44. The number of nitrogens with one attached hydrogen (secondary N) is 1. The van der Waals surface area contributed by atoms with Crippen LogP contribution in [0.5, 0.6) is 0 Å². The van der Waals surface area contributed by atoms with Crippen molar-refractivity contribution in [1.82, 2.24) is 4.90 Å². The highest BCUT2D eigenvalue weighted by molar-refractivity contribution is 6.04. The zero-order chi connectivity index (χ0) is 18.8. The van der Waals surface area contributed by atoms with Crippen LogP contribution in [0.1, 0.15) is 18.4 Å². The van der Waals surface area contributed by atoms with E-state index in [0.29, 0.717) is 13.1 Å². The third-order valence-corrected chi connectivity index (χ3v) is 4.83. The average molecular weight is 371 g/mol. The average Bonchev–Trinajstić information content (AvgIpc) is 3.34. The number of para-hydroxylation sites is 1. The van der Waals surface area contributed by atoms with Crippen molar-refractivity contribution in [2.75, 3.05) is 18.4 Å². The number of carbonyl (C=O) groups is 1. The van der Waals surface area contributed by atoms with Crippen LogP contribution in [-0.4, -0.2) is 41.8 Å². The van der Waals surface area contributed by atoms with Crippen molar-refractivity contribution in [3.63, 3.8) is 0 Å². The topological polar surface area (TPSA) is 53.9 Å². The number of rotatable bonds is 4. The van der Waals surface area contributed by atoms with Gasteiger partial charge in [-0.1, -0.05) is 23.4 Å². The Morgan fingerprint density at radius 2 is 2.00 bits per heavy atom. The first kappa shape index (κ1) is 17.5. The van der Waals surface area contributed by atoms with Crippen LogP contribution in [-0.2, 0) is 9.63 Å². The Hall–Kier alpha value is -2.96. The Kier molecular flexibility index (Phi) is 4.75. The molecule has 2 atom stereocenters. The molecule has 1 amide bonds. The van der Waals surface area contributed by atoms with Gasteiger partial charge in [-0.15, -0.1) is 0 Å². The van der Waals surface area contributed by atoms with Gasteiger partial charge in [-0.05, 0) is 36.8 Å². The summed E-state index contributed by atoms with van der Waals surface area (Å²) in [7, 11) is 0. The van der Waals surface area contributed by atoms with Gasteiger partial charge in [-0.2, -0.15) is 0 Å². The van der Waals surface area contributed by atoms with Crippen LogP contribution in [0.15, 0.2) is 53.7 Å². The maximum atomic E-state index is 13.9. The van der Waals surface area contributed by atoms with Gasteiger partial charge < -0.3 is 15.1 Å². The number of halogens is 2. The molecule has 140 valence electrons. The van der Waals surface area contributed by atoms with Crippen molar-refractivity contribution in [3.8, 4) is 0 Å². The lowest BCUT2D eigenvalue weighted by molar-refractivity contribution is -0.140. The molecule has 0 aromatic heterocycles. The van der Waals surface area contributed by atoms with E-state index in [1.165, 1.54) is 0 Å². The Balaban J connectivity index is 1.35. The number of carbonyl (C=O) groups excluding carboxylic acids is 1. The van der Waals surface area contributed by atoms with E-state index in [2.05, 4.69) is 10.5 Å². The van der Waals surface area contributed by atoms with Crippen molar-refractivity contribution < 1.29 is 18.4 Å². The van der Waals surface area contributed by atoms with E-state index in [-0.39, 0.29) is 29.6 Å². The number of oxime groups is 1. The minimum atomic E-state index is -0.793. The molecule has 0 spiro atoms. The summed E-state index contributed by atoms with van der Waals surface area (Å²) in [5.74, 6) is -1.32. The monoisotopic (exact) mass is 371 g/mol. The van der Waals surface area contributed by atoms with Crippen LogP contribution in [0.3, 0.4) is 0 Å². The standard InChI is InChI=1S/C20H19F2N3O2/c21-13-6-7-17(22)16(10-13)18-11-19(27-24-18)20(26)25-9-8-15(12-25)23-14-4-2-1-3-5-14/h1-7,10,15,19,23H,8-9,11-12H2. The summed E-state index contributed by atoms with van der Waals surface area (Å²) in [4.78, 5) is 19.7. The van der Waals surface area contributed by atoms with Gasteiger partial charge in [0.15, 0.2) is 0 Å². The van der Waals surface area contributed by atoms with E-state index in [1.807, 2.05) is 30.3 Å². The second-order valence-electron chi connectivity index (χ2n) is 6.74. The number of nitrogens with zero attached hydrogens (tertiary/aromatic N) is 2. The molecule has 5 nitrogen and oxygen atoms in total. The summed E-state index contributed by atoms with van der Waals surface area (Å²) in [6.07, 6.45) is 0.171. The third kappa shape index (κ3) is 3.77. The molecule has 4 rings (SSSR count). The summed E-state index contributed by atoms with van der Waals surface area (Å²) in [5.41, 5.74) is 1.31. The third-order valence-electron chi connectivity index (χ3n) is 4.83. The number of hydrogen-bond acceptors (Lipinski definition) is 4. The highest BCUT2D eigenvalue weighted by Gasteiger charge is 2.36. The number of likely N-dealkylation sites (tertiary alicyclic amines) is 1. The largest absolute Gasteiger partial charge is 0.382 e. The van der Waals surface area contributed by atoms with Crippen LogP contribution >= 0.6 is 0 Å². The van der Waals surface area contributed by atoms with E-state index in [1.54, 1.807) is 4.90 Å². The van der Waals surface area contributed by atoms with E-state index in [9.17, 15) is 13.6 Å². The molecule has 2 aliphatic heterocycles. The minimum absolute atomic E-state index is 0.0374. The quantitative estimate of drug-likeness (QED) is 0.898. The van der Waals surface area contributed by atoms with Gasteiger partial charge in [0.1, 0.15) is 11.6 Å². The van der Waals surface area contributed by atoms with Crippen molar-refractivity contribution in [2.24, 2.45) is 5.16 Å². The molecule has 1 saturated heterocycles. The van der Waals surface area contributed by atoms with Gasteiger partial charge in [-0.25, -0.2) is 8.78 Å². The molecule has 0 bridgehead atoms. The smallest absolute Gasteiger partial charge is 0.266 e. The lowest BCUT2D eigenvalue weighted by Gasteiger charge is -2.20. The molecule has 0 radical (unpaired) electrons. The van der Waals surface area contributed by atoms with Crippen molar-refractivity contribution >= 4 is 17.3 Å². The lowest BCUT2D eigenvalue weighted by Crippen LogP contribution is -2.39. The molecule has 1 fully saturated rings. The number of benzene rings is 2. The maximum absolute atomic E-state index is 13.9. The van der Waals surface area contributed by atoms with Gasteiger partial charge in [-0.3, -0.25) is 4.79 Å². The van der Waals surface area contributed by atoms with Crippen molar-refractivity contribution in [3.05, 3.63) is 65.7 Å². The number of hydrogen-bond donors (Lipinski definition) is 1. The van der Waals surface area contributed by atoms with Crippen LogP contribution in [0, 0.1) is 11.6 Å². The second-order valence-corrected chi connectivity index (χ2v) is 6.74. The highest BCUT2D eigenvalue weighted by Crippen LogP contribution is 2.23. The van der Waals surface area contributed by atoms with Gasteiger partial charge in [0.2, 0.25) is 6.10 Å². The summed E-state index contributed by atoms with van der Waals surface area (Å²) in [6, 6.07) is 13.2. The fraction of sp³-hybridized carbons (Fsp3) is 0.300. The Labute approximate surface area is 155 Å². The minimum Gasteiger partial charge on any atom is -0.382 e. The molecule has 2 unspecified atom stereocenters. The summed E-state index contributed by atoms with van der Waals surface area (Å²) < 4.78 is 27.3. The SMILES string of the molecule is O=C(C1CC(c2cc(F)ccc2F)=NO1)N1CCC(Nc2ccccc2)C1. The van der Waals surface area contributed by atoms with Gasteiger partial charge >= 0.3 is 0 Å². The summed E-state index contributed by atoms with van der Waals surface area (Å²) in [5, 5.41) is 7.23. The molecule has 2 aromatic carbocycles. The highest BCUT2D eigenvalue weighted by atomic mass is 19.1. The van der Waals surface area contributed by atoms with Crippen molar-refractivity contribution in [2.45, 2.75) is 25.0 Å². The normalized spacial score (nSPS) is 21.7. The first-order chi connectivity index (χ1) is 13.1. The molecule has 2 aromatic rings. The first-order valence-corrected chi connectivity index (χ1v) is 8.88. The molecule has 1 N–H and O–H groups in total. The zero-order valence-corrected chi connectivity index (χ0v) is 14.6. The molecule has 2 heterocycles. The first-order valence-electron chi connectivity index (χ1n) is 8.88. The summed E-state index contributed by atoms with van der Waals surface area (Å²) >= 11 is 0. The molecular formula is C20H19F2N3O2. The van der Waals surface area contributed by atoms with E-state index in [4.69, 9.17) is 4.84 Å². The van der Waals surface area contributed by atoms with E-state index < -0.39 is 17.7 Å². The molecule has 2 aliphatic rings. The number of amides is 1. The molecule has 7 heteroatoms. The van der Waals surface area contributed by atoms with E-state index >= 15 is 0 Å². The molecular weight excluding hydrogens is 352 g/mol. The molecule has 0 saturated carbocycles. The van der Waals surface area contributed by atoms with Gasteiger partial charge in [0.05, 0.1) is 5.71 Å². The Morgan fingerprint density at radius 3 is 2.81 bits per heavy atom. The Morgan fingerprint density at radius 1 is 1.19 bits per heavy atom. The summed E-state index contributed by atoms with van der Waals surface area (Å²) in [6.45, 7) is 1.18.